The van der Waals surface area contributed by atoms with Crippen molar-refractivity contribution >= 4 is 11.9 Å². The van der Waals surface area contributed by atoms with Crippen LogP contribution in [0.2, 0.25) is 0 Å². The molecule has 3 heterocycles. The summed E-state index contributed by atoms with van der Waals surface area (Å²) in [6, 6.07) is 9.68. The number of amides is 1. The van der Waals surface area contributed by atoms with E-state index in [0.717, 1.165) is 41.2 Å². The molecule has 8 heteroatoms. The van der Waals surface area contributed by atoms with Gasteiger partial charge in [-0.25, -0.2) is 14.2 Å². The van der Waals surface area contributed by atoms with Crippen LogP contribution in [0.1, 0.15) is 5.69 Å². The topological polar surface area (TPSA) is 92.1 Å². The van der Waals surface area contributed by atoms with Crippen molar-refractivity contribution in [3.63, 3.8) is 0 Å². The second-order valence-electron chi connectivity index (χ2n) is 5.94. The van der Waals surface area contributed by atoms with Crippen LogP contribution in [0.3, 0.4) is 0 Å². The normalized spacial score (nSPS) is 13.3. The minimum Gasteiger partial charge on any atom is -0.465 e. The van der Waals surface area contributed by atoms with Gasteiger partial charge in [0.05, 0.1) is 12.2 Å². The molecule has 1 amide bonds. The summed E-state index contributed by atoms with van der Waals surface area (Å²) >= 11 is 0. The van der Waals surface area contributed by atoms with E-state index >= 15 is 0 Å². The third-order valence-electron chi connectivity index (χ3n) is 4.25. The van der Waals surface area contributed by atoms with Crippen molar-refractivity contribution in [2.24, 2.45) is 0 Å². The van der Waals surface area contributed by atoms with E-state index in [-0.39, 0.29) is 11.6 Å². The number of carbonyl (C=O) groups is 1. The van der Waals surface area contributed by atoms with Crippen molar-refractivity contribution in [3.05, 3.63) is 54.1 Å². The van der Waals surface area contributed by atoms with Gasteiger partial charge in [0.1, 0.15) is 17.3 Å². The molecule has 0 radical (unpaired) electrons. The van der Waals surface area contributed by atoms with Gasteiger partial charge in [-0.3, -0.25) is 10.00 Å². The third-order valence-corrected chi connectivity index (χ3v) is 4.25. The highest BCUT2D eigenvalue weighted by Crippen LogP contribution is 2.36. The Balaban J connectivity index is 1.88. The van der Waals surface area contributed by atoms with E-state index < -0.39 is 6.09 Å². The van der Waals surface area contributed by atoms with Crippen LogP contribution < -0.4 is 10.6 Å². The van der Waals surface area contributed by atoms with Crippen LogP contribution in [0, 0.1) is 5.82 Å². The van der Waals surface area contributed by atoms with Gasteiger partial charge in [-0.15, -0.1) is 0 Å². The fourth-order valence-corrected chi connectivity index (χ4v) is 3.13. The zero-order valence-corrected chi connectivity index (χ0v) is 13.7. The molecule has 0 saturated heterocycles. The molecule has 1 aliphatic heterocycles. The molecule has 0 fully saturated rings. The first-order chi connectivity index (χ1) is 12.6. The third kappa shape index (κ3) is 3.02. The zero-order valence-electron chi connectivity index (χ0n) is 13.7. The number of rotatable bonds is 3. The maximum atomic E-state index is 13.3. The molecule has 0 saturated carbocycles. The summed E-state index contributed by atoms with van der Waals surface area (Å²) < 4.78 is 15.3. The quantitative estimate of drug-likeness (QED) is 0.673. The SMILES string of the molecule is O=C(O)Nc1cc(-c2c(-c3ccc(F)cc3)nn3c2CNCC3)ccn1. The lowest BCUT2D eigenvalue weighted by Gasteiger charge is -2.16. The number of halogens is 1. The van der Waals surface area contributed by atoms with Crippen molar-refractivity contribution in [2.75, 3.05) is 11.9 Å². The summed E-state index contributed by atoms with van der Waals surface area (Å²) in [5.74, 6) is -0.0680. The fraction of sp³-hybridized carbons (Fsp3) is 0.167. The molecule has 1 aliphatic rings. The van der Waals surface area contributed by atoms with Crippen LogP contribution >= 0.6 is 0 Å². The van der Waals surface area contributed by atoms with Gasteiger partial charge in [0, 0.05) is 30.4 Å². The molecule has 3 N–H and O–H groups in total. The summed E-state index contributed by atoms with van der Waals surface area (Å²) in [5, 5.41) is 19.2. The van der Waals surface area contributed by atoms with Crippen LogP contribution in [0.15, 0.2) is 42.6 Å². The molecular formula is C18H16FN5O2. The van der Waals surface area contributed by atoms with Crippen LogP contribution in [0.5, 0.6) is 0 Å². The predicted molar refractivity (Wildman–Crippen MR) is 94.2 cm³/mol. The van der Waals surface area contributed by atoms with Gasteiger partial charge in [-0.05, 0) is 42.0 Å². The molecule has 26 heavy (non-hydrogen) atoms. The molecule has 4 rings (SSSR count). The number of hydrogen-bond acceptors (Lipinski definition) is 4. The van der Waals surface area contributed by atoms with Gasteiger partial charge in [-0.2, -0.15) is 5.10 Å². The number of nitrogens with zero attached hydrogens (tertiary/aromatic N) is 3. The molecule has 7 nitrogen and oxygen atoms in total. The number of hydrogen-bond donors (Lipinski definition) is 3. The Labute approximate surface area is 148 Å². The number of aromatic nitrogens is 3. The van der Waals surface area contributed by atoms with E-state index in [0.29, 0.717) is 6.54 Å². The molecule has 0 aliphatic carbocycles. The average molecular weight is 353 g/mol. The summed E-state index contributed by atoms with van der Waals surface area (Å²) in [4.78, 5) is 14.9. The monoisotopic (exact) mass is 353 g/mol. The van der Waals surface area contributed by atoms with E-state index in [4.69, 9.17) is 10.2 Å². The molecular weight excluding hydrogens is 337 g/mol. The average Bonchev–Trinajstić information content (AvgIpc) is 3.01. The molecule has 2 aromatic heterocycles. The van der Waals surface area contributed by atoms with E-state index in [1.165, 1.54) is 12.1 Å². The first-order valence-corrected chi connectivity index (χ1v) is 8.14. The van der Waals surface area contributed by atoms with Crippen LogP contribution in [-0.4, -0.2) is 32.5 Å². The van der Waals surface area contributed by atoms with Gasteiger partial charge < -0.3 is 10.4 Å². The highest BCUT2D eigenvalue weighted by atomic mass is 19.1. The van der Waals surface area contributed by atoms with Crippen LogP contribution in [0.25, 0.3) is 22.4 Å². The van der Waals surface area contributed by atoms with Gasteiger partial charge in [0.15, 0.2) is 0 Å². The molecule has 0 spiro atoms. The lowest BCUT2D eigenvalue weighted by Crippen LogP contribution is -2.28. The molecule has 0 unspecified atom stereocenters. The van der Waals surface area contributed by atoms with Gasteiger partial charge >= 0.3 is 6.09 Å². The van der Waals surface area contributed by atoms with Gasteiger partial charge in [-0.1, -0.05) is 0 Å². The first kappa shape index (κ1) is 16.2. The first-order valence-electron chi connectivity index (χ1n) is 8.14. The fourth-order valence-electron chi connectivity index (χ4n) is 3.13. The highest BCUT2D eigenvalue weighted by molar-refractivity contribution is 5.86. The number of benzene rings is 1. The number of fused-ring (bicyclic) bond motifs is 1. The number of carboxylic acid groups (broad SMARTS) is 1. The second-order valence-corrected chi connectivity index (χ2v) is 5.94. The standard InChI is InChI=1S/C18H16FN5O2/c19-13-3-1-11(2-4-13)17-16(14-10-20-7-8-24(14)23-17)12-5-6-21-15(9-12)22-18(25)26/h1-6,9,20H,7-8,10H2,(H,21,22)(H,25,26). The summed E-state index contributed by atoms with van der Waals surface area (Å²) in [6.07, 6.45) is 0.377. The van der Waals surface area contributed by atoms with E-state index in [9.17, 15) is 9.18 Å². The van der Waals surface area contributed by atoms with Crippen LogP contribution in [-0.2, 0) is 13.1 Å². The summed E-state index contributed by atoms with van der Waals surface area (Å²) in [7, 11) is 0. The number of anilines is 1. The smallest absolute Gasteiger partial charge is 0.410 e. The van der Waals surface area contributed by atoms with Crippen molar-refractivity contribution in [1.29, 1.82) is 0 Å². The van der Waals surface area contributed by atoms with Crippen LogP contribution in [0.4, 0.5) is 15.0 Å². The minimum atomic E-state index is -1.17. The highest BCUT2D eigenvalue weighted by Gasteiger charge is 2.23. The Bertz CT molecular complexity index is 968. The van der Waals surface area contributed by atoms with Crippen molar-refractivity contribution in [3.8, 4) is 22.4 Å². The van der Waals surface area contributed by atoms with Gasteiger partial charge in [0.2, 0.25) is 0 Å². The van der Waals surface area contributed by atoms with E-state index in [1.807, 2.05) is 10.7 Å². The number of pyridine rings is 1. The lowest BCUT2D eigenvalue weighted by molar-refractivity contribution is 0.209. The lowest BCUT2D eigenvalue weighted by atomic mass is 9.99. The largest absolute Gasteiger partial charge is 0.465 e. The minimum absolute atomic E-state index is 0.240. The molecule has 132 valence electrons. The Morgan fingerprint density at radius 1 is 1.23 bits per heavy atom. The maximum absolute atomic E-state index is 13.3. The van der Waals surface area contributed by atoms with Gasteiger partial charge in [0.25, 0.3) is 0 Å². The zero-order chi connectivity index (χ0) is 18.1. The Morgan fingerprint density at radius 3 is 2.81 bits per heavy atom. The van der Waals surface area contributed by atoms with Crippen molar-refractivity contribution in [2.45, 2.75) is 13.1 Å². The number of nitrogens with one attached hydrogen (secondary N) is 2. The van der Waals surface area contributed by atoms with Crippen molar-refractivity contribution < 1.29 is 14.3 Å². The van der Waals surface area contributed by atoms with E-state index in [1.54, 1.807) is 24.4 Å². The predicted octanol–water partition coefficient (Wildman–Crippen LogP) is 2.94. The molecule has 0 bridgehead atoms. The molecule has 1 aromatic carbocycles. The van der Waals surface area contributed by atoms with Crippen molar-refractivity contribution in [1.82, 2.24) is 20.1 Å². The second kappa shape index (κ2) is 6.57. The maximum Gasteiger partial charge on any atom is 0.410 e. The Kier molecular flexibility index (Phi) is 4.10. The molecule has 3 aromatic rings. The Morgan fingerprint density at radius 2 is 2.04 bits per heavy atom. The summed E-state index contributed by atoms with van der Waals surface area (Å²) in [6.45, 7) is 2.20. The summed E-state index contributed by atoms with van der Waals surface area (Å²) in [5.41, 5.74) is 4.22. The van der Waals surface area contributed by atoms with E-state index in [2.05, 4.69) is 15.6 Å². The molecule has 0 atom stereocenters. The Hall–Kier alpha value is -3.26.